The Morgan fingerprint density at radius 3 is 2.48 bits per heavy atom. The number of hydrogen-bond donors (Lipinski definition) is 1. The Hall–Kier alpha value is -2.87. The molecule has 5 nitrogen and oxygen atoms in total. The van der Waals surface area contributed by atoms with Crippen LogP contribution in [0.25, 0.3) is 22.0 Å². The molecule has 1 saturated carbocycles. The van der Waals surface area contributed by atoms with Gasteiger partial charge in [-0.3, -0.25) is 9.48 Å². The lowest BCUT2D eigenvalue weighted by molar-refractivity contribution is -0.138. The van der Waals surface area contributed by atoms with E-state index in [1.165, 1.54) is 12.1 Å². The van der Waals surface area contributed by atoms with Gasteiger partial charge in [0.1, 0.15) is 0 Å². The van der Waals surface area contributed by atoms with Crippen LogP contribution in [0.2, 0.25) is 0 Å². The smallest absolute Gasteiger partial charge is 0.339 e. The number of carbonyl (C=O) groups is 1. The average molecular weight is 428 g/mol. The van der Waals surface area contributed by atoms with Crippen molar-refractivity contribution in [3.8, 4) is 11.1 Å². The minimum Gasteiger partial charge on any atom is -0.339 e. The van der Waals surface area contributed by atoms with Gasteiger partial charge in [0, 0.05) is 37.5 Å². The average Bonchev–Trinajstić information content (AvgIpc) is 3.42. The molecule has 0 spiro atoms. The van der Waals surface area contributed by atoms with E-state index in [2.05, 4.69) is 10.4 Å². The van der Waals surface area contributed by atoms with Gasteiger partial charge in [-0.15, -0.1) is 0 Å². The van der Waals surface area contributed by atoms with Crippen molar-refractivity contribution < 1.29 is 18.0 Å². The summed E-state index contributed by atoms with van der Waals surface area (Å²) in [5.74, 6) is 0.264. The summed E-state index contributed by atoms with van der Waals surface area (Å²) in [6, 6.07) is 9.53. The molecule has 3 aromatic rings. The van der Waals surface area contributed by atoms with Gasteiger partial charge in [0.15, 0.2) is 0 Å². The molecular weight excluding hydrogens is 405 g/mol. The molecule has 1 aliphatic heterocycles. The lowest BCUT2D eigenvalue weighted by atomic mass is 9.96. The third-order valence-corrected chi connectivity index (χ3v) is 6.55. The summed E-state index contributed by atoms with van der Waals surface area (Å²) in [4.78, 5) is 14.7. The van der Waals surface area contributed by atoms with Gasteiger partial charge in [0.05, 0.1) is 17.3 Å². The molecule has 1 aromatic heterocycles. The molecule has 8 heteroatoms. The monoisotopic (exact) mass is 428 g/mol. The molecule has 2 aliphatic rings. The lowest BCUT2D eigenvalue weighted by Crippen LogP contribution is -2.59. The van der Waals surface area contributed by atoms with Crippen LogP contribution in [0.1, 0.15) is 23.5 Å². The van der Waals surface area contributed by atoms with Gasteiger partial charge in [0.25, 0.3) is 0 Å². The molecule has 0 unspecified atom stereocenters. The first kappa shape index (κ1) is 20.1. The number of fused-ring (bicyclic) bond motifs is 1. The number of aromatic nitrogens is 2. The van der Waals surface area contributed by atoms with E-state index < -0.39 is 11.7 Å². The van der Waals surface area contributed by atoms with Crippen molar-refractivity contribution in [1.82, 2.24) is 20.0 Å². The Bertz CT molecular complexity index is 1150. The molecule has 1 amide bonds. The topological polar surface area (TPSA) is 50.2 Å². The predicted octanol–water partition coefficient (Wildman–Crippen LogP) is 3.79. The summed E-state index contributed by atoms with van der Waals surface area (Å²) in [5.41, 5.74) is 2.83. The number of halogens is 3. The fourth-order valence-corrected chi connectivity index (χ4v) is 4.49. The Kier molecular flexibility index (Phi) is 4.58. The zero-order valence-electron chi connectivity index (χ0n) is 17.3. The van der Waals surface area contributed by atoms with Crippen molar-refractivity contribution in [1.29, 1.82) is 0 Å². The Morgan fingerprint density at radius 2 is 1.84 bits per heavy atom. The Morgan fingerprint density at radius 1 is 1.13 bits per heavy atom. The zero-order chi connectivity index (χ0) is 21.9. The molecule has 2 heterocycles. The third kappa shape index (κ3) is 3.48. The number of amides is 1. The van der Waals surface area contributed by atoms with Gasteiger partial charge in [-0.1, -0.05) is 18.2 Å². The van der Waals surface area contributed by atoms with Gasteiger partial charge in [-0.2, -0.15) is 18.3 Å². The number of nitrogens with one attached hydrogen (secondary N) is 1. The first-order chi connectivity index (χ1) is 14.8. The van der Waals surface area contributed by atoms with Crippen LogP contribution < -0.4 is 5.32 Å². The number of aryl methyl sites for hydroxylation is 1. The number of likely N-dealkylation sites (N-methyl/N-ethyl adjacent to an activating group) is 1. The number of carbonyl (C=O) groups excluding carboxylic acids is 1. The van der Waals surface area contributed by atoms with Gasteiger partial charge in [0.2, 0.25) is 5.91 Å². The van der Waals surface area contributed by atoms with E-state index in [0.29, 0.717) is 11.6 Å². The standard InChI is InChI=1S/C23H23F3N4O/c1-27-16-11-30(12-16)22(31)19-9-18(19)17-7-14(8-21-20(17)10-28-29(21)2)13-3-5-15(6-4-13)23(24,25)26/h3-8,10,16,18-19,27H,9,11-12H2,1-2H3/t18-,19+/m0/s1. The first-order valence-electron chi connectivity index (χ1n) is 10.4. The van der Waals surface area contributed by atoms with Gasteiger partial charge in [-0.25, -0.2) is 0 Å². The quantitative estimate of drug-likeness (QED) is 0.688. The second kappa shape index (κ2) is 7.09. The molecule has 0 radical (unpaired) electrons. The largest absolute Gasteiger partial charge is 0.416 e. The molecule has 1 aliphatic carbocycles. The maximum Gasteiger partial charge on any atom is 0.416 e. The summed E-state index contributed by atoms with van der Waals surface area (Å²) in [7, 11) is 3.74. The summed E-state index contributed by atoms with van der Waals surface area (Å²) in [6.07, 6.45) is -1.76. The van der Waals surface area contributed by atoms with Crippen molar-refractivity contribution >= 4 is 16.8 Å². The normalized spacial score (nSPS) is 21.4. The maximum absolute atomic E-state index is 12.9. The van der Waals surface area contributed by atoms with Crippen molar-refractivity contribution in [2.75, 3.05) is 20.1 Å². The molecule has 0 bridgehead atoms. The van der Waals surface area contributed by atoms with Crippen molar-refractivity contribution in [3.63, 3.8) is 0 Å². The second-order valence-electron chi connectivity index (χ2n) is 8.52. The fraction of sp³-hybridized carbons (Fsp3) is 0.391. The minimum atomic E-state index is -4.36. The number of rotatable bonds is 4. The molecule has 2 fully saturated rings. The molecule has 2 atom stereocenters. The van der Waals surface area contributed by atoms with E-state index in [1.807, 2.05) is 37.3 Å². The highest BCUT2D eigenvalue weighted by molar-refractivity contribution is 5.91. The summed E-state index contributed by atoms with van der Waals surface area (Å²) in [5, 5.41) is 8.54. The van der Waals surface area contributed by atoms with Crippen molar-refractivity contribution in [2.45, 2.75) is 24.6 Å². The number of benzene rings is 2. The van der Waals surface area contributed by atoms with E-state index in [4.69, 9.17) is 0 Å². The lowest BCUT2D eigenvalue weighted by Gasteiger charge is -2.39. The Balaban J connectivity index is 1.46. The number of nitrogens with zero attached hydrogens (tertiary/aromatic N) is 3. The van der Waals surface area contributed by atoms with Crippen LogP contribution in [-0.4, -0.2) is 46.8 Å². The SMILES string of the molecule is CNC1CN(C(=O)[C@@H]2C[C@H]2c2cc(-c3ccc(C(F)(F)F)cc3)cc3c2cnn3C)C1. The molecule has 5 rings (SSSR count). The van der Waals surface area contributed by atoms with Gasteiger partial charge >= 0.3 is 6.18 Å². The predicted molar refractivity (Wildman–Crippen MR) is 111 cm³/mol. The van der Waals surface area contributed by atoms with Crippen LogP contribution in [-0.2, 0) is 18.0 Å². The third-order valence-electron chi connectivity index (χ3n) is 6.55. The number of likely N-dealkylation sites (tertiary alicyclic amines) is 1. The van der Waals surface area contributed by atoms with Crippen LogP contribution in [0.4, 0.5) is 13.2 Å². The molecular formula is C23H23F3N4O. The first-order valence-corrected chi connectivity index (χ1v) is 10.4. The van der Waals surface area contributed by atoms with E-state index >= 15 is 0 Å². The van der Waals surface area contributed by atoms with E-state index in [1.54, 1.807) is 4.68 Å². The highest BCUT2D eigenvalue weighted by Gasteiger charge is 2.48. The van der Waals surface area contributed by atoms with E-state index in [-0.39, 0.29) is 17.7 Å². The van der Waals surface area contributed by atoms with Crippen LogP contribution in [0.15, 0.2) is 42.6 Å². The fourth-order valence-electron chi connectivity index (χ4n) is 4.49. The van der Waals surface area contributed by atoms with Crippen LogP contribution >= 0.6 is 0 Å². The molecule has 2 aromatic carbocycles. The van der Waals surface area contributed by atoms with Gasteiger partial charge in [-0.05, 0) is 54.3 Å². The van der Waals surface area contributed by atoms with Crippen LogP contribution in [0.5, 0.6) is 0 Å². The van der Waals surface area contributed by atoms with Gasteiger partial charge < -0.3 is 10.2 Å². The second-order valence-corrected chi connectivity index (χ2v) is 8.52. The summed E-state index contributed by atoms with van der Waals surface area (Å²) in [6.45, 7) is 1.49. The molecule has 162 valence electrons. The zero-order valence-corrected chi connectivity index (χ0v) is 17.3. The Labute approximate surface area is 177 Å². The molecule has 31 heavy (non-hydrogen) atoms. The maximum atomic E-state index is 12.9. The number of hydrogen-bond acceptors (Lipinski definition) is 3. The molecule has 1 saturated heterocycles. The van der Waals surface area contributed by atoms with Crippen molar-refractivity contribution in [3.05, 3.63) is 53.7 Å². The van der Waals surface area contributed by atoms with Crippen molar-refractivity contribution in [2.24, 2.45) is 13.0 Å². The summed E-state index contributed by atoms with van der Waals surface area (Å²) >= 11 is 0. The molecule has 1 N–H and O–H groups in total. The van der Waals surface area contributed by atoms with E-state index in [0.717, 1.165) is 53.7 Å². The van der Waals surface area contributed by atoms with Crippen LogP contribution in [0, 0.1) is 5.92 Å². The highest BCUT2D eigenvalue weighted by atomic mass is 19.4. The highest BCUT2D eigenvalue weighted by Crippen LogP contribution is 2.51. The summed E-state index contributed by atoms with van der Waals surface area (Å²) < 4.78 is 40.6. The number of alkyl halides is 3. The van der Waals surface area contributed by atoms with Crippen LogP contribution in [0.3, 0.4) is 0 Å². The van der Waals surface area contributed by atoms with E-state index in [9.17, 15) is 18.0 Å². The minimum absolute atomic E-state index is 0.0379.